The van der Waals surface area contributed by atoms with Crippen LogP contribution >= 0.6 is 0 Å². The summed E-state index contributed by atoms with van der Waals surface area (Å²) in [5, 5.41) is 5.54. The Morgan fingerprint density at radius 3 is 2.74 bits per heavy atom. The second-order valence-electron chi connectivity index (χ2n) is 4.48. The van der Waals surface area contributed by atoms with Crippen molar-refractivity contribution in [1.29, 1.82) is 0 Å². The molecule has 19 heavy (non-hydrogen) atoms. The molecule has 0 fully saturated rings. The number of benzene rings is 1. The molecule has 0 saturated carbocycles. The van der Waals surface area contributed by atoms with Gasteiger partial charge in [-0.3, -0.25) is 9.59 Å². The summed E-state index contributed by atoms with van der Waals surface area (Å²) in [4.78, 5) is 22.8. The number of hydrogen-bond acceptors (Lipinski definition) is 3. The maximum Gasteiger partial charge on any atom is 0.234 e. The lowest BCUT2D eigenvalue weighted by molar-refractivity contribution is -0.120. The van der Waals surface area contributed by atoms with E-state index >= 15 is 0 Å². The molecule has 0 aliphatic heterocycles. The largest absolute Gasteiger partial charge is 0.351 e. The van der Waals surface area contributed by atoms with Crippen molar-refractivity contribution in [2.45, 2.75) is 26.8 Å². The fourth-order valence-electron chi connectivity index (χ4n) is 1.48. The van der Waals surface area contributed by atoms with Crippen molar-refractivity contribution in [2.75, 3.05) is 11.9 Å². The Balaban J connectivity index is 2.61. The Hall–Kier alpha value is -1.88. The van der Waals surface area contributed by atoms with Crippen LogP contribution in [0.3, 0.4) is 0 Å². The number of carbonyl (C=O) groups excluding carboxylic acids is 2. The standard InChI is InChI=1S/C14H21N3O2/c1-3-10(2)14(19)17-12-6-4-5-11(7-12)9-16-13(18)8-15/h4-7,10H,3,8-9,15H2,1-2H3,(H,16,18)(H,17,19). The normalized spacial score (nSPS) is 11.7. The summed E-state index contributed by atoms with van der Waals surface area (Å²) in [5.41, 5.74) is 6.87. The second kappa shape index (κ2) is 7.53. The lowest BCUT2D eigenvalue weighted by atomic mass is 10.1. The van der Waals surface area contributed by atoms with Gasteiger partial charge in [0.2, 0.25) is 11.8 Å². The van der Waals surface area contributed by atoms with Crippen LogP contribution in [0.15, 0.2) is 24.3 Å². The number of anilines is 1. The lowest BCUT2D eigenvalue weighted by Gasteiger charge is -2.11. The topological polar surface area (TPSA) is 84.2 Å². The van der Waals surface area contributed by atoms with Gasteiger partial charge in [-0.25, -0.2) is 0 Å². The average molecular weight is 263 g/mol. The molecular weight excluding hydrogens is 242 g/mol. The number of nitrogens with two attached hydrogens (primary N) is 1. The maximum absolute atomic E-state index is 11.8. The van der Waals surface area contributed by atoms with E-state index in [1.54, 1.807) is 0 Å². The Morgan fingerprint density at radius 2 is 2.11 bits per heavy atom. The van der Waals surface area contributed by atoms with Crippen molar-refractivity contribution in [3.05, 3.63) is 29.8 Å². The molecule has 0 aromatic heterocycles. The first kappa shape index (κ1) is 15.2. The molecule has 1 rings (SSSR count). The van der Waals surface area contributed by atoms with Crippen LogP contribution in [0.25, 0.3) is 0 Å². The molecule has 1 aromatic rings. The van der Waals surface area contributed by atoms with Crippen LogP contribution in [-0.4, -0.2) is 18.4 Å². The lowest BCUT2D eigenvalue weighted by Crippen LogP contribution is -2.29. The monoisotopic (exact) mass is 263 g/mol. The molecular formula is C14H21N3O2. The zero-order chi connectivity index (χ0) is 14.3. The second-order valence-corrected chi connectivity index (χ2v) is 4.48. The molecule has 0 bridgehead atoms. The van der Waals surface area contributed by atoms with Gasteiger partial charge in [0.1, 0.15) is 0 Å². The molecule has 104 valence electrons. The van der Waals surface area contributed by atoms with Crippen LogP contribution in [0, 0.1) is 5.92 Å². The third kappa shape index (κ3) is 5.09. The van der Waals surface area contributed by atoms with Crippen LogP contribution in [0.5, 0.6) is 0 Å². The van der Waals surface area contributed by atoms with Crippen LogP contribution in [0.2, 0.25) is 0 Å². The van der Waals surface area contributed by atoms with Gasteiger partial charge in [0.25, 0.3) is 0 Å². The van der Waals surface area contributed by atoms with Crippen molar-refractivity contribution in [2.24, 2.45) is 11.7 Å². The fourth-order valence-corrected chi connectivity index (χ4v) is 1.48. The van der Waals surface area contributed by atoms with Crippen molar-refractivity contribution in [3.63, 3.8) is 0 Å². The molecule has 0 radical (unpaired) electrons. The summed E-state index contributed by atoms with van der Waals surface area (Å²) in [6.07, 6.45) is 0.804. The molecule has 0 spiro atoms. The minimum absolute atomic E-state index is 0.00523. The predicted octanol–water partition coefficient (Wildman–Crippen LogP) is 1.25. The molecule has 5 nitrogen and oxygen atoms in total. The summed E-state index contributed by atoms with van der Waals surface area (Å²) < 4.78 is 0. The summed E-state index contributed by atoms with van der Waals surface area (Å²) in [6, 6.07) is 7.40. The van der Waals surface area contributed by atoms with Crippen LogP contribution < -0.4 is 16.4 Å². The van der Waals surface area contributed by atoms with Gasteiger partial charge in [0.05, 0.1) is 6.54 Å². The molecule has 5 heteroatoms. The summed E-state index contributed by atoms with van der Waals surface area (Å²) in [7, 11) is 0. The third-order valence-corrected chi connectivity index (χ3v) is 2.93. The molecule has 1 aromatic carbocycles. The highest BCUT2D eigenvalue weighted by molar-refractivity contribution is 5.92. The number of rotatable bonds is 6. The molecule has 0 aliphatic carbocycles. The first-order chi connectivity index (χ1) is 9.06. The quantitative estimate of drug-likeness (QED) is 0.722. The third-order valence-electron chi connectivity index (χ3n) is 2.93. The highest BCUT2D eigenvalue weighted by Crippen LogP contribution is 2.13. The van der Waals surface area contributed by atoms with Crippen LogP contribution in [-0.2, 0) is 16.1 Å². The van der Waals surface area contributed by atoms with Gasteiger partial charge in [0, 0.05) is 18.2 Å². The van der Waals surface area contributed by atoms with Crippen molar-refractivity contribution in [3.8, 4) is 0 Å². The van der Waals surface area contributed by atoms with Gasteiger partial charge in [-0.15, -0.1) is 0 Å². The SMILES string of the molecule is CCC(C)C(=O)Nc1cccc(CNC(=O)CN)c1. The van der Waals surface area contributed by atoms with Gasteiger partial charge in [-0.1, -0.05) is 26.0 Å². The minimum atomic E-state index is -0.200. The van der Waals surface area contributed by atoms with E-state index in [0.29, 0.717) is 6.54 Å². The van der Waals surface area contributed by atoms with Gasteiger partial charge >= 0.3 is 0 Å². The van der Waals surface area contributed by atoms with Gasteiger partial charge in [0.15, 0.2) is 0 Å². The fraction of sp³-hybridized carbons (Fsp3) is 0.429. The highest BCUT2D eigenvalue weighted by atomic mass is 16.2. The Morgan fingerprint density at radius 1 is 1.37 bits per heavy atom. The van der Waals surface area contributed by atoms with Crippen molar-refractivity contribution < 1.29 is 9.59 Å². The molecule has 2 amide bonds. The highest BCUT2D eigenvalue weighted by Gasteiger charge is 2.10. The van der Waals surface area contributed by atoms with E-state index in [1.165, 1.54) is 0 Å². The van der Waals surface area contributed by atoms with Crippen molar-refractivity contribution >= 4 is 17.5 Å². The Kier molecular flexibility index (Phi) is 6.02. The van der Waals surface area contributed by atoms with Crippen LogP contribution in [0.4, 0.5) is 5.69 Å². The van der Waals surface area contributed by atoms with Gasteiger partial charge in [-0.2, -0.15) is 0 Å². The maximum atomic E-state index is 11.8. The predicted molar refractivity (Wildman–Crippen MR) is 75.4 cm³/mol. The zero-order valence-corrected chi connectivity index (χ0v) is 11.4. The van der Waals surface area contributed by atoms with Gasteiger partial charge < -0.3 is 16.4 Å². The van der Waals surface area contributed by atoms with E-state index in [4.69, 9.17) is 5.73 Å². The van der Waals surface area contributed by atoms with E-state index in [-0.39, 0.29) is 24.3 Å². The first-order valence-corrected chi connectivity index (χ1v) is 6.43. The Labute approximate surface area is 113 Å². The van der Waals surface area contributed by atoms with E-state index in [2.05, 4.69) is 10.6 Å². The molecule has 1 unspecified atom stereocenters. The van der Waals surface area contributed by atoms with Crippen LogP contribution in [0.1, 0.15) is 25.8 Å². The molecule has 4 N–H and O–H groups in total. The zero-order valence-electron chi connectivity index (χ0n) is 11.4. The Bertz CT molecular complexity index is 446. The molecule has 1 atom stereocenters. The number of nitrogens with one attached hydrogen (secondary N) is 2. The number of hydrogen-bond donors (Lipinski definition) is 3. The number of carbonyl (C=O) groups is 2. The van der Waals surface area contributed by atoms with Gasteiger partial charge in [-0.05, 0) is 24.1 Å². The minimum Gasteiger partial charge on any atom is -0.351 e. The van der Waals surface area contributed by atoms with E-state index in [9.17, 15) is 9.59 Å². The summed E-state index contributed by atoms with van der Waals surface area (Å²) in [6.45, 7) is 4.25. The average Bonchev–Trinajstić information content (AvgIpc) is 2.44. The summed E-state index contributed by atoms with van der Waals surface area (Å²) in [5.74, 6) is -0.208. The number of amides is 2. The van der Waals surface area contributed by atoms with E-state index < -0.39 is 0 Å². The first-order valence-electron chi connectivity index (χ1n) is 6.43. The molecule has 0 saturated heterocycles. The smallest absolute Gasteiger partial charge is 0.234 e. The van der Waals surface area contributed by atoms with E-state index in [1.807, 2.05) is 38.1 Å². The van der Waals surface area contributed by atoms with Crippen molar-refractivity contribution in [1.82, 2.24) is 5.32 Å². The summed E-state index contributed by atoms with van der Waals surface area (Å²) >= 11 is 0. The molecule has 0 aliphatic rings. The molecule has 0 heterocycles. The van der Waals surface area contributed by atoms with E-state index in [0.717, 1.165) is 17.7 Å².